The topological polar surface area (TPSA) is 0 Å². The van der Waals surface area contributed by atoms with Gasteiger partial charge in [0.05, 0.1) is 0 Å². The van der Waals surface area contributed by atoms with Crippen molar-refractivity contribution in [3.05, 3.63) is 83.4 Å². The van der Waals surface area contributed by atoms with Gasteiger partial charge in [-0.15, -0.1) is 0 Å². The molecule has 0 aliphatic rings. The highest BCUT2D eigenvalue weighted by Crippen LogP contribution is 2.42. The molecule has 0 bridgehead atoms. The zero-order chi connectivity index (χ0) is 20.7. The van der Waals surface area contributed by atoms with Gasteiger partial charge in [0.1, 0.15) is 0 Å². The maximum atomic E-state index is 2.45. The number of rotatable bonds is 4. The molecular formula is C29H32. The van der Waals surface area contributed by atoms with Crippen molar-refractivity contribution in [2.24, 2.45) is 0 Å². The van der Waals surface area contributed by atoms with Crippen LogP contribution >= 0.6 is 0 Å². The van der Waals surface area contributed by atoms with E-state index >= 15 is 0 Å². The predicted octanol–water partition coefficient (Wildman–Crippen LogP) is 9.03. The van der Waals surface area contributed by atoms with Crippen molar-refractivity contribution in [1.29, 1.82) is 0 Å². The SMILES string of the molecule is CC(C)c1cc(C(C)C)c(-c2cccc3cc4ccccc4cc23)c(C(C)C)c1. The smallest absolute Gasteiger partial charge is 0.00988 e. The minimum absolute atomic E-state index is 0.483. The van der Waals surface area contributed by atoms with Gasteiger partial charge in [-0.25, -0.2) is 0 Å². The Morgan fingerprint density at radius 1 is 0.517 bits per heavy atom. The Kier molecular flexibility index (Phi) is 5.21. The summed E-state index contributed by atoms with van der Waals surface area (Å²) in [4.78, 5) is 0. The first-order valence-electron chi connectivity index (χ1n) is 11.0. The van der Waals surface area contributed by atoms with E-state index in [4.69, 9.17) is 0 Å². The van der Waals surface area contributed by atoms with E-state index in [1.807, 2.05) is 0 Å². The third-order valence-corrected chi connectivity index (χ3v) is 6.15. The second-order valence-corrected chi connectivity index (χ2v) is 9.26. The van der Waals surface area contributed by atoms with Gasteiger partial charge >= 0.3 is 0 Å². The Morgan fingerprint density at radius 2 is 1.07 bits per heavy atom. The van der Waals surface area contributed by atoms with Crippen LogP contribution in [0.1, 0.15) is 76.0 Å². The summed E-state index contributed by atoms with van der Waals surface area (Å²) in [5.41, 5.74) is 7.21. The summed E-state index contributed by atoms with van der Waals surface area (Å²) in [6.45, 7) is 13.9. The Hall–Kier alpha value is -2.60. The van der Waals surface area contributed by atoms with Crippen LogP contribution in [0, 0.1) is 0 Å². The lowest BCUT2D eigenvalue weighted by Gasteiger charge is -2.24. The summed E-state index contributed by atoms with van der Waals surface area (Å²) in [6.07, 6.45) is 0. The molecule has 0 heteroatoms. The van der Waals surface area contributed by atoms with E-state index in [1.54, 1.807) is 0 Å². The average Bonchev–Trinajstić information content (AvgIpc) is 2.70. The summed E-state index contributed by atoms with van der Waals surface area (Å²) in [6, 6.07) is 25.1. The van der Waals surface area contributed by atoms with Gasteiger partial charge in [-0.3, -0.25) is 0 Å². The highest BCUT2D eigenvalue weighted by Gasteiger charge is 2.20. The van der Waals surface area contributed by atoms with Crippen LogP contribution in [0.25, 0.3) is 32.7 Å². The summed E-state index contributed by atoms with van der Waals surface area (Å²) < 4.78 is 0. The van der Waals surface area contributed by atoms with Crippen molar-refractivity contribution in [2.75, 3.05) is 0 Å². The van der Waals surface area contributed by atoms with Crippen LogP contribution in [0.15, 0.2) is 66.7 Å². The second kappa shape index (κ2) is 7.67. The fraction of sp³-hybridized carbons (Fsp3) is 0.310. The molecule has 0 atom stereocenters. The predicted molar refractivity (Wildman–Crippen MR) is 129 cm³/mol. The Balaban J connectivity index is 2.11. The molecule has 29 heavy (non-hydrogen) atoms. The monoisotopic (exact) mass is 380 g/mol. The van der Waals surface area contributed by atoms with Gasteiger partial charge in [-0.1, -0.05) is 96.1 Å². The van der Waals surface area contributed by atoms with E-state index in [-0.39, 0.29) is 0 Å². The minimum Gasteiger partial charge on any atom is -0.0616 e. The first-order chi connectivity index (χ1) is 13.9. The fourth-order valence-electron chi connectivity index (χ4n) is 4.45. The number of benzene rings is 4. The molecule has 0 amide bonds. The van der Waals surface area contributed by atoms with Crippen molar-refractivity contribution in [3.63, 3.8) is 0 Å². The van der Waals surface area contributed by atoms with Crippen molar-refractivity contribution >= 4 is 21.5 Å². The lowest BCUT2D eigenvalue weighted by atomic mass is 9.80. The number of hydrogen-bond donors (Lipinski definition) is 0. The summed E-state index contributed by atoms with van der Waals surface area (Å²) in [5, 5.41) is 5.29. The summed E-state index contributed by atoms with van der Waals surface area (Å²) in [7, 11) is 0. The molecule has 0 aliphatic carbocycles. The first kappa shape index (κ1) is 19.7. The van der Waals surface area contributed by atoms with Crippen LogP contribution < -0.4 is 0 Å². The van der Waals surface area contributed by atoms with Gasteiger partial charge in [0, 0.05) is 0 Å². The molecule has 0 spiro atoms. The fourth-order valence-corrected chi connectivity index (χ4v) is 4.45. The molecule has 0 fully saturated rings. The van der Waals surface area contributed by atoms with Crippen LogP contribution in [0.5, 0.6) is 0 Å². The van der Waals surface area contributed by atoms with Crippen LogP contribution in [0.2, 0.25) is 0 Å². The highest BCUT2D eigenvalue weighted by molar-refractivity contribution is 6.05. The molecule has 0 N–H and O–H groups in total. The lowest BCUT2D eigenvalue weighted by Crippen LogP contribution is -2.04. The number of fused-ring (bicyclic) bond motifs is 2. The Bertz CT molecular complexity index is 1150. The standard InChI is InChI=1S/C29H32/c1-18(2)24-16-26(19(3)4)29(27(17-24)20(5)6)25-13-9-12-23-14-21-10-7-8-11-22(21)15-28(23)25/h7-20H,1-6H3. The molecule has 148 valence electrons. The maximum Gasteiger partial charge on any atom is -0.00988 e. The average molecular weight is 381 g/mol. The van der Waals surface area contributed by atoms with Crippen molar-refractivity contribution in [2.45, 2.75) is 59.3 Å². The maximum absolute atomic E-state index is 2.45. The van der Waals surface area contributed by atoms with Gasteiger partial charge in [-0.2, -0.15) is 0 Å². The molecule has 4 aromatic carbocycles. The van der Waals surface area contributed by atoms with E-state index in [9.17, 15) is 0 Å². The first-order valence-corrected chi connectivity index (χ1v) is 11.0. The molecule has 0 unspecified atom stereocenters. The zero-order valence-corrected chi connectivity index (χ0v) is 18.6. The molecular weight excluding hydrogens is 348 g/mol. The largest absolute Gasteiger partial charge is 0.0616 e. The van der Waals surface area contributed by atoms with E-state index < -0.39 is 0 Å². The van der Waals surface area contributed by atoms with Gasteiger partial charge in [-0.05, 0) is 79.2 Å². The third-order valence-electron chi connectivity index (χ3n) is 6.15. The van der Waals surface area contributed by atoms with Crippen LogP contribution in [0.3, 0.4) is 0 Å². The lowest BCUT2D eigenvalue weighted by molar-refractivity contribution is 0.808. The quantitative estimate of drug-likeness (QED) is 0.310. The van der Waals surface area contributed by atoms with Gasteiger partial charge < -0.3 is 0 Å². The summed E-state index contributed by atoms with van der Waals surface area (Å²) in [5.74, 6) is 1.50. The third kappa shape index (κ3) is 3.57. The normalized spacial score (nSPS) is 12.0. The van der Waals surface area contributed by atoms with Crippen LogP contribution in [-0.2, 0) is 0 Å². The summed E-state index contributed by atoms with van der Waals surface area (Å²) >= 11 is 0. The van der Waals surface area contributed by atoms with Crippen molar-refractivity contribution in [3.8, 4) is 11.1 Å². The molecule has 0 nitrogen and oxygen atoms in total. The van der Waals surface area contributed by atoms with E-state index in [1.165, 1.54) is 49.4 Å². The van der Waals surface area contributed by atoms with Crippen molar-refractivity contribution in [1.82, 2.24) is 0 Å². The van der Waals surface area contributed by atoms with Gasteiger partial charge in [0.25, 0.3) is 0 Å². The zero-order valence-electron chi connectivity index (χ0n) is 18.6. The molecule has 0 heterocycles. The van der Waals surface area contributed by atoms with Gasteiger partial charge in [0.2, 0.25) is 0 Å². The number of hydrogen-bond acceptors (Lipinski definition) is 0. The van der Waals surface area contributed by atoms with Gasteiger partial charge in [0.15, 0.2) is 0 Å². The van der Waals surface area contributed by atoms with Crippen LogP contribution in [0.4, 0.5) is 0 Å². The highest BCUT2D eigenvalue weighted by atomic mass is 14.2. The molecule has 0 saturated carbocycles. The molecule has 0 radical (unpaired) electrons. The van der Waals surface area contributed by atoms with E-state index in [2.05, 4.69) is 108 Å². The van der Waals surface area contributed by atoms with Crippen molar-refractivity contribution < 1.29 is 0 Å². The molecule has 0 saturated heterocycles. The second-order valence-electron chi connectivity index (χ2n) is 9.26. The molecule has 4 aromatic rings. The molecule has 0 aliphatic heterocycles. The van der Waals surface area contributed by atoms with E-state index in [0.29, 0.717) is 17.8 Å². The van der Waals surface area contributed by atoms with Crippen LogP contribution in [-0.4, -0.2) is 0 Å². The Morgan fingerprint density at radius 3 is 1.62 bits per heavy atom. The van der Waals surface area contributed by atoms with E-state index in [0.717, 1.165) is 0 Å². The minimum atomic E-state index is 0.483. The molecule has 0 aromatic heterocycles. The molecule has 4 rings (SSSR count). The Labute approximate surface area is 175 Å².